The Morgan fingerprint density at radius 3 is 2.79 bits per heavy atom. The molecule has 0 aliphatic rings. The van der Waals surface area contributed by atoms with E-state index in [0.717, 1.165) is 49.1 Å². The molecule has 0 aliphatic carbocycles. The van der Waals surface area contributed by atoms with Gasteiger partial charge in [0.05, 0.1) is 5.69 Å². The molecule has 0 saturated heterocycles. The predicted molar refractivity (Wildman–Crippen MR) is 102 cm³/mol. The minimum atomic E-state index is 0.431. The third-order valence-electron chi connectivity index (χ3n) is 3.96. The Hall–Kier alpha value is -2.04. The van der Waals surface area contributed by atoms with Gasteiger partial charge in [0.2, 0.25) is 0 Å². The smallest absolute Gasteiger partial charge is 0.191 e. The standard InChI is InChI=1S/C19H31N5/c1-5-20-19(22-16(4)10-9-15(2)3)21-12-11-17-14-24-13-7-6-8-18(24)23-17/h6-8,13-16H,5,9-12H2,1-4H3,(H2,20,21,22). The summed E-state index contributed by atoms with van der Waals surface area (Å²) in [5.74, 6) is 1.64. The summed E-state index contributed by atoms with van der Waals surface area (Å²) in [5.41, 5.74) is 2.07. The highest BCUT2D eigenvalue weighted by molar-refractivity contribution is 5.80. The molecule has 132 valence electrons. The summed E-state index contributed by atoms with van der Waals surface area (Å²) >= 11 is 0. The maximum atomic E-state index is 4.69. The average Bonchev–Trinajstić information content (AvgIpc) is 2.95. The lowest BCUT2D eigenvalue weighted by Crippen LogP contribution is -2.42. The minimum absolute atomic E-state index is 0.431. The molecule has 0 amide bonds. The van der Waals surface area contributed by atoms with Crippen molar-refractivity contribution in [2.75, 3.05) is 13.1 Å². The van der Waals surface area contributed by atoms with Crippen molar-refractivity contribution in [1.82, 2.24) is 20.0 Å². The quantitative estimate of drug-likeness (QED) is 0.577. The fourth-order valence-corrected chi connectivity index (χ4v) is 2.60. The number of fused-ring (bicyclic) bond motifs is 1. The lowest BCUT2D eigenvalue weighted by Gasteiger charge is -2.18. The first kappa shape index (κ1) is 18.3. The van der Waals surface area contributed by atoms with E-state index in [2.05, 4.69) is 53.9 Å². The van der Waals surface area contributed by atoms with Crippen molar-refractivity contribution in [1.29, 1.82) is 0 Å². The van der Waals surface area contributed by atoms with Crippen molar-refractivity contribution in [2.45, 2.75) is 53.0 Å². The summed E-state index contributed by atoms with van der Waals surface area (Å²) in [4.78, 5) is 9.31. The van der Waals surface area contributed by atoms with Crippen LogP contribution in [-0.4, -0.2) is 34.5 Å². The highest BCUT2D eigenvalue weighted by atomic mass is 15.2. The molecule has 2 aromatic rings. The van der Waals surface area contributed by atoms with Gasteiger partial charge in [-0.3, -0.25) is 4.99 Å². The van der Waals surface area contributed by atoms with Crippen LogP contribution in [0.2, 0.25) is 0 Å². The monoisotopic (exact) mass is 329 g/mol. The van der Waals surface area contributed by atoms with Crippen LogP contribution in [0.1, 0.15) is 46.2 Å². The largest absolute Gasteiger partial charge is 0.357 e. The van der Waals surface area contributed by atoms with Crippen LogP contribution < -0.4 is 10.6 Å². The van der Waals surface area contributed by atoms with Crippen LogP contribution in [-0.2, 0) is 6.42 Å². The summed E-state index contributed by atoms with van der Waals surface area (Å²) in [6.45, 7) is 10.4. The molecular formula is C19H31N5. The highest BCUT2D eigenvalue weighted by Crippen LogP contribution is 2.07. The molecular weight excluding hydrogens is 298 g/mol. The molecule has 2 aromatic heterocycles. The van der Waals surface area contributed by atoms with Crippen molar-refractivity contribution >= 4 is 11.6 Å². The molecule has 0 aromatic carbocycles. The number of aliphatic imine (C=N–C) groups is 1. The van der Waals surface area contributed by atoms with Gasteiger partial charge in [0, 0.05) is 37.9 Å². The summed E-state index contributed by atoms with van der Waals surface area (Å²) in [6.07, 6.45) is 7.34. The Morgan fingerprint density at radius 2 is 2.08 bits per heavy atom. The lowest BCUT2D eigenvalue weighted by molar-refractivity contribution is 0.489. The number of nitrogens with one attached hydrogen (secondary N) is 2. The number of pyridine rings is 1. The Kier molecular flexibility index (Phi) is 7.09. The summed E-state index contributed by atoms with van der Waals surface area (Å²) < 4.78 is 2.05. The Bertz CT molecular complexity index is 611. The zero-order chi connectivity index (χ0) is 17.4. The Morgan fingerprint density at radius 1 is 1.25 bits per heavy atom. The molecule has 2 heterocycles. The first-order valence-electron chi connectivity index (χ1n) is 9.06. The second kappa shape index (κ2) is 9.30. The predicted octanol–water partition coefficient (Wildman–Crippen LogP) is 3.26. The van der Waals surface area contributed by atoms with E-state index in [1.165, 1.54) is 6.42 Å². The van der Waals surface area contributed by atoms with E-state index in [4.69, 9.17) is 4.99 Å². The average molecular weight is 329 g/mol. The molecule has 2 N–H and O–H groups in total. The molecule has 24 heavy (non-hydrogen) atoms. The third-order valence-corrected chi connectivity index (χ3v) is 3.96. The molecule has 0 spiro atoms. The van der Waals surface area contributed by atoms with Crippen molar-refractivity contribution in [3.8, 4) is 0 Å². The first-order chi connectivity index (χ1) is 11.6. The van der Waals surface area contributed by atoms with Crippen molar-refractivity contribution in [3.63, 3.8) is 0 Å². The summed E-state index contributed by atoms with van der Waals surface area (Å²) in [7, 11) is 0. The van der Waals surface area contributed by atoms with Crippen molar-refractivity contribution < 1.29 is 0 Å². The van der Waals surface area contributed by atoms with E-state index in [-0.39, 0.29) is 0 Å². The molecule has 5 heteroatoms. The van der Waals surface area contributed by atoms with E-state index < -0.39 is 0 Å². The maximum absolute atomic E-state index is 4.69. The van der Waals surface area contributed by atoms with E-state index in [0.29, 0.717) is 6.04 Å². The minimum Gasteiger partial charge on any atom is -0.357 e. The van der Waals surface area contributed by atoms with Crippen molar-refractivity contribution in [3.05, 3.63) is 36.3 Å². The van der Waals surface area contributed by atoms with Crippen LogP contribution in [0.25, 0.3) is 5.65 Å². The molecule has 0 saturated carbocycles. The normalized spacial score (nSPS) is 13.5. The molecule has 0 fully saturated rings. The summed E-state index contributed by atoms with van der Waals surface area (Å²) in [5, 5.41) is 6.83. The number of aromatic nitrogens is 2. The van der Waals surface area contributed by atoms with Crippen LogP contribution in [0.4, 0.5) is 0 Å². The molecule has 1 unspecified atom stereocenters. The van der Waals surface area contributed by atoms with Gasteiger partial charge in [0.1, 0.15) is 5.65 Å². The number of imidazole rings is 1. The van der Waals surface area contributed by atoms with Gasteiger partial charge in [-0.15, -0.1) is 0 Å². The number of hydrogen-bond donors (Lipinski definition) is 2. The number of guanidine groups is 1. The molecule has 5 nitrogen and oxygen atoms in total. The highest BCUT2D eigenvalue weighted by Gasteiger charge is 2.06. The third kappa shape index (κ3) is 5.87. The zero-order valence-electron chi connectivity index (χ0n) is 15.4. The van der Waals surface area contributed by atoms with Gasteiger partial charge >= 0.3 is 0 Å². The van der Waals surface area contributed by atoms with Gasteiger partial charge in [0.25, 0.3) is 0 Å². The SMILES string of the molecule is CCNC(=NCCc1cn2ccccc2n1)NC(C)CCC(C)C. The van der Waals surface area contributed by atoms with Gasteiger partial charge in [0.15, 0.2) is 5.96 Å². The van der Waals surface area contributed by atoms with Gasteiger partial charge in [-0.25, -0.2) is 4.98 Å². The van der Waals surface area contributed by atoms with E-state index in [1.807, 2.05) is 24.4 Å². The van der Waals surface area contributed by atoms with Gasteiger partial charge in [-0.1, -0.05) is 19.9 Å². The number of nitrogens with zero attached hydrogens (tertiary/aromatic N) is 3. The van der Waals surface area contributed by atoms with Crippen LogP contribution >= 0.6 is 0 Å². The first-order valence-corrected chi connectivity index (χ1v) is 9.06. The maximum Gasteiger partial charge on any atom is 0.191 e. The number of rotatable bonds is 8. The van der Waals surface area contributed by atoms with Gasteiger partial charge < -0.3 is 15.0 Å². The fourth-order valence-electron chi connectivity index (χ4n) is 2.60. The Balaban J connectivity index is 1.87. The second-order valence-electron chi connectivity index (χ2n) is 6.73. The molecule has 1 atom stereocenters. The zero-order valence-corrected chi connectivity index (χ0v) is 15.4. The van der Waals surface area contributed by atoms with Crippen LogP contribution in [0.5, 0.6) is 0 Å². The van der Waals surface area contributed by atoms with Crippen LogP contribution in [0, 0.1) is 5.92 Å². The van der Waals surface area contributed by atoms with Gasteiger partial charge in [-0.2, -0.15) is 0 Å². The summed E-state index contributed by atoms with van der Waals surface area (Å²) in [6, 6.07) is 6.48. The Labute approximate surface area is 145 Å². The molecule has 2 rings (SSSR count). The van der Waals surface area contributed by atoms with E-state index in [9.17, 15) is 0 Å². The van der Waals surface area contributed by atoms with Gasteiger partial charge in [-0.05, 0) is 44.7 Å². The molecule has 0 bridgehead atoms. The molecule has 0 radical (unpaired) electrons. The van der Waals surface area contributed by atoms with Crippen molar-refractivity contribution in [2.24, 2.45) is 10.9 Å². The fraction of sp³-hybridized carbons (Fsp3) is 0.579. The number of hydrogen-bond acceptors (Lipinski definition) is 2. The van der Waals surface area contributed by atoms with E-state index >= 15 is 0 Å². The molecule has 0 aliphatic heterocycles. The van der Waals surface area contributed by atoms with Crippen LogP contribution in [0.15, 0.2) is 35.6 Å². The topological polar surface area (TPSA) is 53.7 Å². The van der Waals surface area contributed by atoms with Crippen LogP contribution in [0.3, 0.4) is 0 Å². The second-order valence-corrected chi connectivity index (χ2v) is 6.73. The van der Waals surface area contributed by atoms with E-state index in [1.54, 1.807) is 0 Å². The lowest BCUT2D eigenvalue weighted by atomic mass is 10.0.